The van der Waals surface area contributed by atoms with Crippen LogP contribution in [0.15, 0.2) is 54.6 Å². The number of carbonyl (C=O) groups excluding carboxylic acids is 1. The lowest BCUT2D eigenvalue weighted by Crippen LogP contribution is -2.44. The van der Waals surface area contributed by atoms with E-state index in [-0.39, 0.29) is 11.7 Å². The summed E-state index contributed by atoms with van der Waals surface area (Å²) in [5.41, 5.74) is 1.34. The second kappa shape index (κ2) is 8.82. The lowest BCUT2D eigenvalue weighted by Gasteiger charge is -2.30. The van der Waals surface area contributed by atoms with Gasteiger partial charge >= 0.3 is 6.03 Å². The van der Waals surface area contributed by atoms with Crippen molar-refractivity contribution in [2.75, 3.05) is 22.9 Å². The molecular formula is C19H23N3O3. The van der Waals surface area contributed by atoms with Crippen LogP contribution in [0, 0.1) is 10.1 Å². The van der Waals surface area contributed by atoms with Gasteiger partial charge in [-0.05, 0) is 31.0 Å². The van der Waals surface area contributed by atoms with Gasteiger partial charge in [0.05, 0.1) is 10.6 Å². The molecule has 0 heterocycles. The first-order valence-electron chi connectivity index (χ1n) is 8.47. The van der Waals surface area contributed by atoms with E-state index in [1.165, 1.54) is 12.1 Å². The van der Waals surface area contributed by atoms with E-state index in [2.05, 4.69) is 0 Å². The SMILES string of the molecule is CCCN(C(=O)N(CCC)c1cccc([N+](=O)[O-])c1)c1ccccc1. The number of nitro groups is 1. The second-order valence-corrected chi connectivity index (χ2v) is 5.70. The van der Waals surface area contributed by atoms with Gasteiger partial charge in [-0.2, -0.15) is 0 Å². The summed E-state index contributed by atoms with van der Waals surface area (Å²) in [4.78, 5) is 27.1. The monoisotopic (exact) mass is 341 g/mol. The van der Waals surface area contributed by atoms with Gasteiger partial charge in [0.25, 0.3) is 5.69 Å². The van der Waals surface area contributed by atoms with Gasteiger partial charge in [-0.15, -0.1) is 0 Å². The Morgan fingerprint density at radius 3 is 2.04 bits per heavy atom. The summed E-state index contributed by atoms with van der Waals surface area (Å²) in [6.07, 6.45) is 1.57. The highest BCUT2D eigenvalue weighted by molar-refractivity contribution is 6.03. The Hall–Kier alpha value is -2.89. The van der Waals surface area contributed by atoms with E-state index < -0.39 is 4.92 Å². The van der Waals surface area contributed by atoms with Crippen molar-refractivity contribution in [2.45, 2.75) is 26.7 Å². The predicted molar refractivity (Wildman–Crippen MR) is 100 cm³/mol. The number of amides is 2. The zero-order valence-corrected chi connectivity index (χ0v) is 14.6. The van der Waals surface area contributed by atoms with Gasteiger partial charge in [0, 0.05) is 30.9 Å². The third-order valence-corrected chi connectivity index (χ3v) is 3.78. The summed E-state index contributed by atoms with van der Waals surface area (Å²) in [5.74, 6) is 0. The van der Waals surface area contributed by atoms with Crippen molar-refractivity contribution in [2.24, 2.45) is 0 Å². The topological polar surface area (TPSA) is 66.7 Å². The molecule has 0 atom stereocenters. The maximum atomic E-state index is 13.2. The Kier molecular flexibility index (Phi) is 6.51. The van der Waals surface area contributed by atoms with Crippen molar-refractivity contribution in [3.8, 4) is 0 Å². The van der Waals surface area contributed by atoms with E-state index in [9.17, 15) is 14.9 Å². The number of hydrogen-bond acceptors (Lipinski definition) is 3. The first kappa shape index (κ1) is 18.4. The van der Waals surface area contributed by atoms with Crippen molar-refractivity contribution in [3.63, 3.8) is 0 Å². The van der Waals surface area contributed by atoms with E-state index in [1.807, 2.05) is 44.2 Å². The molecule has 0 aliphatic rings. The zero-order chi connectivity index (χ0) is 18.2. The molecular weight excluding hydrogens is 318 g/mol. The van der Waals surface area contributed by atoms with E-state index in [0.29, 0.717) is 18.8 Å². The van der Waals surface area contributed by atoms with Crippen LogP contribution in [0.3, 0.4) is 0 Å². The molecule has 0 fully saturated rings. The van der Waals surface area contributed by atoms with E-state index in [4.69, 9.17) is 0 Å². The molecule has 0 N–H and O–H groups in total. The molecule has 0 aromatic heterocycles. The molecule has 0 saturated carbocycles. The average molecular weight is 341 g/mol. The molecule has 0 radical (unpaired) electrons. The maximum absolute atomic E-state index is 13.2. The molecule has 0 saturated heterocycles. The summed E-state index contributed by atoms with van der Waals surface area (Å²) >= 11 is 0. The van der Waals surface area contributed by atoms with Crippen molar-refractivity contribution < 1.29 is 9.72 Å². The first-order chi connectivity index (χ1) is 12.1. The highest BCUT2D eigenvalue weighted by Gasteiger charge is 2.23. The fraction of sp³-hybridized carbons (Fsp3) is 0.316. The molecule has 2 amide bonds. The number of urea groups is 1. The van der Waals surface area contributed by atoms with Gasteiger partial charge in [-0.25, -0.2) is 4.79 Å². The third kappa shape index (κ3) is 4.56. The number of nitro benzene ring substituents is 1. The van der Waals surface area contributed by atoms with E-state index in [0.717, 1.165) is 18.5 Å². The van der Waals surface area contributed by atoms with Crippen molar-refractivity contribution in [1.29, 1.82) is 0 Å². The summed E-state index contributed by atoms with van der Waals surface area (Å²) in [7, 11) is 0. The average Bonchev–Trinajstić information content (AvgIpc) is 2.64. The Balaban J connectivity index is 2.38. The largest absolute Gasteiger partial charge is 0.328 e. The lowest BCUT2D eigenvalue weighted by molar-refractivity contribution is -0.384. The van der Waals surface area contributed by atoms with Crippen LogP contribution in [-0.4, -0.2) is 24.0 Å². The molecule has 0 unspecified atom stereocenters. The molecule has 2 rings (SSSR count). The minimum Gasteiger partial charge on any atom is -0.294 e. The number of para-hydroxylation sites is 1. The summed E-state index contributed by atoms with van der Waals surface area (Å²) in [6, 6.07) is 15.5. The zero-order valence-electron chi connectivity index (χ0n) is 14.6. The number of anilines is 2. The van der Waals surface area contributed by atoms with Gasteiger partial charge in [0.2, 0.25) is 0 Å². The molecule has 0 spiro atoms. The molecule has 25 heavy (non-hydrogen) atoms. The predicted octanol–water partition coefficient (Wildman–Crippen LogP) is 4.85. The minimum absolute atomic E-state index is 0.0202. The Morgan fingerprint density at radius 1 is 0.920 bits per heavy atom. The molecule has 6 nitrogen and oxygen atoms in total. The fourth-order valence-electron chi connectivity index (χ4n) is 2.65. The number of carbonyl (C=O) groups is 1. The van der Waals surface area contributed by atoms with Gasteiger partial charge in [0.1, 0.15) is 0 Å². The highest BCUT2D eigenvalue weighted by atomic mass is 16.6. The number of hydrogen-bond donors (Lipinski definition) is 0. The number of non-ortho nitro benzene ring substituents is 1. The fourth-order valence-corrected chi connectivity index (χ4v) is 2.65. The molecule has 0 bridgehead atoms. The maximum Gasteiger partial charge on any atom is 0.328 e. The molecule has 2 aromatic rings. The van der Waals surface area contributed by atoms with Gasteiger partial charge < -0.3 is 0 Å². The smallest absolute Gasteiger partial charge is 0.294 e. The Labute approximate surface area is 147 Å². The van der Waals surface area contributed by atoms with Crippen LogP contribution in [0.25, 0.3) is 0 Å². The Bertz CT molecular complexity index is 719. The summed E-state index contributed by atoms with van der Waals surface area (Å²) in [5, 5.41) is 11.1. The van der Waals surface area contributed by atoms with Crippen molar-refractivity contribution >= 4 is 23.1 Å². The van der Waals surface area contributed by atoms with Crippen LogP contribution in [-0.2, 0) is 0 Å². The number of rotatable bonds is 7. The first-order valence-corrected chi connectivity index (χ1v) is 8.47. The van der Waals surface area contributed by atoms with Crippen LogP contribution in [0.4, 0.5) is 21.9 Å². The number of nitrogens with zero attached hydrogens (tertiary/aromatic N) is 3. The third-order valence-electron chi connectivity index (χ3n) is 3.78. The molecule has 0 aliphatic carbocycles. The van der Waals surface area contributed by atoms with E-state index in [1.54, 1.807) is 21.9 Å². The lowest BCUT2D eigenvalue weighted by atomic mass is 10.2. The van der Waals surface area contributed by atoms with Crippen LogP contribution >= 0.6 is 0 Å². The standard InChI is InChI=1S/C19H23N3O3/c1-3-13-20(16-9-6-5-7-10-16)19(23)21(14-4-2)17-11-8-12-18(15-17)22(24)25/h5-12,15H,3-4,13-14H2,1-2H3. The normalized spacial score (nSPS) is 10.3. The van der Waals surface area contributed by atoms with E-state index >= 15 is 0 Å². The van der Waals surface area contributed by atoms with Gasteiger partial charge in [-0.1, -0.05) is 38.1 Å². The summed E-state index contributed by atoms with van der Waals surface area (Å²) < 4.78 is 0. The molecule has 2 aromatic carbocycles. The van der Waals surface area contributed by atoms with Crippen LogP contribution < -0.4 is 9.80 Å². The van der Waals surface area contributed by atoms with Gasteiger partial charge in [-0.3, -0.25) is 19.9 Å². The molecule has 132 valence electrons. The van der Waals surface area contributed by atoms with Crippen LogP contribution in [0.2, 0.25) is 0 Å². The minimum atomic E-state index is -0.445. The van der Waals surface area contributed by atoms with Crippen molar-refractivity contribution in [3.05, 3.63) is 64.7 Å². The summed E-state index contributed by atoms with van der Waals surface area (Å²) in [6.45, 7) is 5.07. The molecule has 0 aliphatic heterocycles. The molecule has 6 heteroatoms. The second-order valence-electron chi connectivity index (χ2n) is 5.70. The highest BCUT2D eigenvalue weighted by Crippen LogP contribution is 2.24. The number of benzene rings is 2. The van der Waals surface area contributed by atoms with Crippen LogP contribution in [0.1, 0.15) is 26.7 Å². The van der Waals surface area contributed by atoms with Crippen molar-refractivity contribution in [1.82, 2.24) is 0 Å². The van der Waals surface area contributed by atoms with Gasteiger partial charge in [0.15, 0.2) is 0 Å². The Morgan fingerprint density at radius 2 is 1.48 bits per heavy atom. The van der Waals surface area contributed by atoms with Crippen LogP contribution in [0.5, 0.6) is 0 Å². The quantitative estimate of drug-likeness (QED) is 0.534.